The molecule has 1 aromatic carbocycles. The van der Waals surface area contributed by atoms with Gasteiger partial charge in [0.25, 0.3) is 0 Å². The van der Waals surface area contributed by atoms with Crippen LogP contribution >= 0.6 is 0 Å². The molecule has 0 fully saturated rings. The van der Waals surface area contributed by atoms with E-state index in [1.165, 1.54) is 5.56 Å². The second-order valence-electron chi connectivity index (χ2n) is 4.22. The van der Waals surface area contributed by atoms with Gasteiger partial charge in [-0.15, -0.1) is 0 Å². The Kier molecular flexibility index (Phi) is 3.87. The third-order valence-electron chi connectivity index (χ3n) is 2.86. The molecule has 0 radical (unpaired) electrons. The van der Waals surface area contributed by atoms with Gasteiger partial charge in [-0.3, -0.25) is 4.68 Å². The Morgan fingerprint density at radius 1 is 1.39 bits per heavy atom. The molecule has 0 aliphatic carbocycles. The molecule has 0 saturated heterocycles. The van der Waals surface area contributed by atoms with Crippen LogP contribution in [0.15, 0.2) is 30.5 Å². The average Bonchev–Trinajstić information content (AvgIpc) is 2.77. The lowest BCUT2D eigenvalue weighted by Gasteiger charge is -2.07. The van der Waals surface area contributed by atoms with Crippen LogP contribution in [0.3, 0.4) is 0 Å². The highest BCUT2D eigenvalue weighted by Crippen LogP contribution is 2.17. The Balaban J connectivity index is 2.06. The van der Waals surface area contributed by atoms with E-state index in [2.05, 4.69) is 23.4 Å². The molecule has 4 nitrogen and oxygen atoms in total. The predicted octanol–water partition coefficient (Wildman–Crippen LogP) is 2.60. The normalized spacial score (nSPS) is 10.4. The Hall–Kier alpha value is -1.97. The summed E-state index contributed by atoms with van der Waals surface area (Å²) in [6, 6.07) is 8.07. The number of rotatable bonds is 5. The lowest BCUT2D eigenvalue weighted by molar-refractivity contribution is 0.414. The van der Waals surface area contributed by atoms with Crippen molar-refractivity contribution in [1.82, 2.24) is 9.78 Å². The number of hydrogen-bond acceptors (Lipinski definition) is 3. The Bertz CT molecular complexity index is 520. The first kappa shape index (κ1) is 12.5. The van der Waals surface area contributed by atoms with Gasteiger partial charge in [-0.2, -0.15) is 5.10 Å². The fourth-order valence-corrected chi connectivity index (χ4v) is 1.92. The summed E-state index contributed by atoms with van der Waals surface area (Å²) in [6.45, 7) is 2.88. The van der Waals surface area contributed by atoms with Crippen molar-refractivity contribution < 1.29 is 4.74 Å². The van der Waals surface area contributed by atoms with Crippen LogP contribution in [0.4, 0.5) is 5.69 Å². The molecule has 4 heteroatoms. The van der Waals surface area contributed by atoms with Crippen molar-refractivity contribution in [2.75, 3.05) is 12.4 Å². The summed E-state index contributed by atoms with van der Waals surface area (Å²) >= 11 is 0. The van der Waals surface area contributed by atoms with Gasteiger partial charge < -0.3 is 10.1 Å². The van der Waals surface area contributed by atoms with Crippen LogP contribution in [0.1, 0.15) is 18.2 Å². The number of hydrogen-bond donors (Lipinski definition) is 1. The fraction of sp³-hybridized carbons (Fsp3) is 0.357. The topological polar surface area (TPSA) is 39.1 Å². The summed E-state index contributed by atoms with van der Waals surface area (Å²) < 4.78 is 7.05. The van der Waals surface area contributed by atoms with Gasteiger partial charge in [0.1, 0.15) is 5.75 Å². The SMILES string of the molecule is CCc1nn(C)cc1NCc1cccc(OC)c1. The van der Waals surface area contributed by atoms with E-state index in [0.717, 1.165) is 30.1 Å². The van der Waals surface area contributed by atoms with Crippen molar-refractivity contribution in [2.24, 2.45) is 7.05 Å². The Morgan fingerprint density at radius 3 is 2.94 bits per heavy atom. The van der Waals surface area contributed by atoms with Crippen LogP contribution in [0.5, 0.6) is 5.75 Å². The van der Waals surface area contributed by atoms with E-state index in [1.54, 1.807) is 7.11 Å². The first-order valence-electron chi connectivity index (χ1n) is 6.12. The van der Waals surface area contributed by atoms with Gasteiger partial charge >= 0.3 is 0 Å². The third kappa shape index (κ3) is 2.83. The predicted molar refractivity (Wildman–Crippen MR) is 72.9 cm³/mol. The minimum Gasteiger partial charge on any atom is -0.497 e. The van der Waals surface area contributed by atoms with Gasteiger partial charge in [-0.05, 0) is 24.1 Å². The highest BCUT2D eigenvalue weighted by Gasteiger charge is 2.05. The van der Waals surface area contributed by atoms with Crippen LogP contribution in [0, 0.1) is 0 Å². The zero-order valence-corrected chi connectivity index (χ0v) is 11.1. The molecule has 1 aromatic heterocycles. The number of ether oxygens (including phenoxy) is 1. The summed E-state index contributed by atoms with van der Waals surface area (Å²) in [5.74, 6) is 0.885. The molecule has 96 valence electrons. The molecule has 0 saturated carbocycles. The van der Waals surface area contributed by atoms with Crippen molar-refractivity contribution in [3.63, 3.8) is 0 Å². The van der Waals surface area contributed by atoms with Crippen molar-refractivity contribution in [3.05, 3.63) is 41.7 Å². The van der Waals surface area contributed by atoms with E-state index in [0.29, 0.717) is 0 Å². The fourth-order valence-electron chi connectivity index (χ4n) is 1.92. The van der Waals surface area contributed by atoms with Gasteiger partial charge in [0, 0.05) is 19.8 Å². The molecule has 1 heterocycles. The van der Waals surface area contributed by atoms with Crippen molar-refractivity contribution in [1.29, 1.82) is 0 Å². The number of benzene rings is 1. The number of aromatic nitrogens is 2. The van der Waals surface area contributed by atoms with Crippen molar-refractivity contribution in [2.45, 2.75) is 19.9 Å². The largest absolute Gasteiger partial charge is 0.497 e. The molecular formula is C14H19N3O. The van der Waals surface area contributed by atoms with Gasteiger partial charge in [-0.25, -0.2) is 0 Å². The molecule has 0 spiro atoms. The number of nitrogens with one attached hydrogen (secondary N) is 1. The maximum Gasteiger partial charge on any atom is 0.119 e. The summed E-state index contributed by atoms with van der Waals surface area (Å²) in [6.07, 6.45) is 2.94. The maximum absolute atomic E-state index is 5.21. The first-order chi connectivity index (χ1) is 8.72. The van der Waals surface area contributed by atoms with Crippen LogP contribution in [-0.4, -0.2) is 16.9 Å². The molecule has 0 atom stereocenters. The summed E-state index contributed by atoms with van der Waals surface area (Å²) in [7, 11) is 3.62. The van der Waals surface area contributed by atoms with E-state index in [9.17, 15) is 0 Å². The van der Waals surface area contributed by atoms with Gasteiger partial charge in [0.15, 0.2) is 0 Å². The zero-order valence-electron chi connectivity index (χ0n) is 11.1. The second kappa shape index (κ2) is 5.58. The second-order valence-corrected chi connectivity index (χ2v) is 4.22. The van der Waals surface area contributed by atoms with E-state index in [-0.39, 0.29) is 0 Å². The van der Waals surface area contributed by atoms with E-state index < -0.39 is 0 Å². The minimum atomic E-state index is 0.774. The molecule has 1 N–H and O–H groups in total. The molecule has 0 bridgehead atoms. The van der Waals surface area contributed by atoms with E-state index in [1.807, 2.05) is 36.1 Å². The lowest BCUT2D eigenvalue weighted by Crippen LogP contribution is -2.01. The Labute approximate surface area is 108 Å². The zero-order chi connectivity index (χ0) is 13.0. The quantitative estimate of drug-likeness (QED) is 0.880. The Morgan fingerprint density at radius 2 is 2.22 bits per heavy atom. The summed E-state index contributed by atoms with van der Waals surface area (Å²) in [4.78, 5) is 0. The van der Waals surface area contributed by atoms with E-state index >= 15 is 0 Å². The molecule has 0 amide bonds. The van der Waals surface area contributed by atoms with Crippen LogP contribution in [-0.2, 0) is 20.0 Å². The number of anilines is 1. The lowest BCUT2D eigenvalue weighted by atomic mass is 10.2. The van der Waals surface area contributed by atoms with E-state index in [4.69, 9.17) is 4.74 Å². The van der Waals surface area contributed by atoms with Gasteiger partial charge in [-0.1, -0.05) is 19.1 Å². The molecule has 2 rings (SSSR count). The monoisotopic (exact) mass is 245 g/mol. The molecule has 18 heavy (non-hydrogen) atoms. The van der Waals surface area contributed by atoms with Crippen molar-refractivity contribution >= 4 is 5.69 Å². The summed E-state index contributed by atoms with van der Waals surface area (Å²) in [5, 5.41) is 7.82. The average molecular weight is 245 g/mol. The number of aryl methyl sites for hydroxylation is 2. The molecule has 0 unspecified atom stereocenters. The van der Waals surface area contributed by atoms with Gasteiger partial charge in [0.2, 0.25) is 0 Å². The summed E-state index contributed by atoms with van der Waals surface area (Å²) in [5.41, 5.74) is 3.39. The molecular weight excluding hydrogens is 226 g/mol. The third-order valence-corrected chi connectivity index (χ3v) is 2.86. The number of methoxy groups -OCH3 is 1. The molecule has 2 aromatic rings. The van der Waals surface area contributed by atoms with Gasteiger partial charge in [0.05, 0.1) is 18.5 Å². The molecule has 0 aliphatic heterocycles. The van der Waals surface area contributed by atoms with Crippen molar-refractivity contribution in [3.8, 4) is 5.75 Å². The first-order valence-corrected chi connectivity index (χ1v) is 6.12. The van der Waals surface area contributed by atoms with Crippen LogP contribution in [0.2, 0.25) is 0 Å². The van der Waals surface area contributed by atoms with Crippen LogP contribution in [0.25, 0.3) is 0 Å². The van der Waals surface area contributed by atoms with Crippen LogP contribution < -0.4 is 10.1 Å². The number of nitrogens with zero attached hydrogens (tertiary/aromatic N) is 2. The highest BCUT2D eigenvalue weighted by molar-refractivity contribution is 5.47. The maximum atomic E-state index is 5.21. The smallest absolute Gasteiger partial charge is 0.119 e. The molecule has 0 aliphatic rings. The highest BCUT2D eigenvalue weighted by atomic mass is 16.5. The standard InChI is InChI=1S/C14H19N3O/c1-4-13-14(10-17(2)16-13)15-9-11-6-5-7-12(8-11)18-3/h5-8,10,15H,4,9H2,1-3H3. The minimum absolute atomic E-state index is 0.774.